The third-order valence-electron chi connectivity index (χ3n) is 4.24. The number of nitrogens with zero attached hydrogens (tertiary/aromatic N) is 1. The molecule has 3 aromatic carbocycles. The first-order chi connectivity index (χ1) is 13.6. The van der Waals surface area contributed by atoms with E-state index in [0.29, 0.717) is 13.2 Å². The highest BCUT2D eigenvalue weighted by Gasteiger charge is 2.13. The Morgan fingerprint density at radius 2 is 1.46 bits per heavy atom. The molecule has 0 saturated heterocycles. The molecule has 3 rings (SSSR count). The average molecular weight is 391 g/mol. The highest BCUT2D eigenvalue weighted by Crippen LogP contribution is 2.20. The van der Waals surface area contributed by atoms with Crippen LogP contribution in [0, 0.1) is 0 Å². The Morgan fingerprint density at radius 1 is 0.857 bits per heavy atom. The van der Waals surface area contributed by atoms with Gasteiger partial charge in [0.1, 0.15) is 12.4 Å². The second-order valence-corrected chi connectivity index (χ2v) is 7.33. The van der Waals surface area contributed by atoms with Crippen LogP contribution in [0.3, 0.4) is 0 Å². The van der Waals surface area contributed by atoms with Gasteiger partial charge in [-0.05, 0) is 61.5 Å². The Hall–Kier alpha value is -2.85. The summed E-state index contributed by atoms with van der Waals surface area (Å²) in [5, 5.41) is 4.07. The van der Waals surface area contributed by atoms with Crippen LogP contribution in [-0.2, 0) is 13.2 Å². The Labute approximate surface area is 173 Å². The number of anilines is 1. The Balaban J connectivity index is 1.67. The fraction of sp³-hybridized carbons (Fsp3) is 0.208. The van der Waals surface area contributed by atoms with Gasteiger partial charge < -0.3 is 15.0 Å². The molecule has 0 aliphatic heterocycles. The van der Waals surface area contributed by atoms with E-state index in [1.807, 2.05) is 48.5 Å². The van der Waals surface area contributed by atoms with Crippen LogP contribution in [0.5, 0.6) is 5.75 Å². The summed E-state index contributed by atoms with van der Waals surface area (Å²) in [6.45, 7) is 5.45. The van der Waals surface area contributed by atoms with E-state index in [-0.39, 0.29) is 6.04 Å². The second kappa shape index (κ2) is 9.90. The van der Waals surface area contributed by atoms with Crippen molar-refractivity contribution in [2.75, 3.05) is 4.90 Å². The number of nitrogens with one attached hydrogen (secondary N) is 1. The molecule has 3 nitrogen and oxygen atoms in total. The van der Waals surface area contributed by atoms with Crippen molar-refractivity contribution >= 4 is 23.0 Å². The van der Waals surface area contributed by atoms with Gasteiger partial charge in [0.05, 0.1) is 6.54 Å². The number of rotatable bonds is 7. The van der Waals surface area contributed by atoms with E-state index in [0.717, 1.165) is 22.1 Å². The molecule has 0 unspecified atom stereocenters. The molecule has 0 bridgehead atoms. The second-order valence-electron chi connectivity index (χ2n) is 6.94. The summed E-state index contributed by atoms with van der Waals surface area (Å²) in [6, 6.07) is 28.9. The van der Waals surface area contributed by atoms with E-state index in [4.69, 9.17) is 17.0 Å². The molecule has 0 saturated carbocycles. The van der Waals surface area contributed by atoms with Gasteiger partial charge >= 0.3 is 0 Å². The fourth-order valence-corrected chi connectivity index (χ4v) is 3.23. The van der Waals surface area contributed by atoms with Gasteiger partial charge in [0.2, 0.25) is 0 Å². The van der Waals surface area contributed by atoms with E-state index in [1.165, 1.54) is 5.56 Å². The van der Waals surface area contributed by atoms with Crippen molar-refractivity contribution in [3.8, 4) is 5.75 Å². The van der Waals surface area contributed by atoms with Gasteiger partial charge in [-0.2, -0.15) is 0 Å². The van der Waals surface area contributed by atoms with Crippen LogP contribution in [0.15, 0.2) is 84.9 Å². The normalized spacial score (nSPS) is 10.5. The molecule has 0 atom stereocenters. The maximum atomic E-state index is 5.89. The van der Waals surface area contributed by atoms with Gasteiger partial charge in [0.15, 0.2) is 5.11 Å². The number of para-hydroxylation sites is 1. The van der Waals surface area contributed by atoms with Crippen molar-refractivity contribution in [2.24, 2.45) is 0 Å². The molecular formula is C24H26N2OS. The first kappa shape index (κ1) is 19.9. The fourth-order valence-electron chi connectivity index (χ4n) is 2.83. The standard InChI is InChI=1S/C24H26N2OS/c1-19(2)25-24(28)26(22-11-7-4-8-12-22)17-20-13-15-23(16-14-20)27-18-21-9-5-3-6-10-21/h3-16,19H,17-18H2,1-2H3,(H,25,28). The summed E-state index contributed by atoms with van der Waals surface area (Å²) in [5.41, 5.74) is 3.40. The van der Waals surface area contributed by atoms with Gasteiger partial charge in [-0.3, -0.25) is 0 Å². The van der Waals surface area contributed by atoms with Crippen LogP contribution in [0.1, 0.15) is 25.0 Å². The number of benzene rings is 3. The molecule has 0 spiro atoms. The summed E-state index contributed by atoms with van der Waals surface area (Å²) in [6.07, 6.45) is 0. The van der Waals surface area contributed by atoms with Crippen LogP contribution >= 0.6 is 12.2 Å². The minimum Gasteiger partial charge on any atom is -0.489 e. The molecule has 0 radical (unpaired) electrons. The predicted molar refractivity (Wildman–Crippen MR) is 121 cm³/mol. The van der Waals surface area contributed by atoms with Crippen molar-refractivity contribution in [1.82, 2.24) is 5.32 Å². The van der Waals surface area contributed by atoms with Gasteiger partial charge in [0.25, 0.3) is 0 Å². The molecule has 0 aliphatic carbocycles. The zero-order valence-electron chi connectivity index (χ0n) is 16.3. The number of ether oxygens (including phenoxy) is 1. The third-order valence-corrected chi connectivity index (χ3v) is 4.58. The Morgan fingerprint density at radius 3 is 2.07 bits per heavy atom. The maximum Gasteiger partial charge on any atom is 0.173 e. The maximum absolute atomic E-state index is 5.89. The van der Waals surface area contributed by atoms with E-state index in [9.17, 15) is 0 Å². The molecule has 0 aromatic heterocycles. The number of thiocarbonyl (C=S) groups is 1. The van der Waals surface area contributed by atoms with Gasteiger partial charge in [-0.1, -0.05) is 60.7 Å². The molecule has 144 valence electrons. The summed E-state index contributed by atoms with van der Waals surface area (Å²) < 4.78 is 5.89. The highest BCUT2D eigenvalue weighted by atomic mass is 32.1. The van der Waals surface area contributed by atoms with Gasteiger partial charge in [0, 0.05) is 11.7 Å². The molecule has 0 amide bonds. The van der Waals surface area contributed by atoms with E-state index in [2.05, 4.69) is 60.5 Å². The van der Waals surface area contributed by atoms with Crippen LogP contribution in [-0.4, -0.2) is 11.2 Å². The Bertz CT molecular complexity index is 864. The summed E-state index contributed by atoms with van der Waals surface area (Å²) in [4.78, 5) is 2.12. The molecule has 4 heteroatoms. The molecule has 3 aromatic rings. The van der Waals surface area contributed by atoms with Crippen LogP contribution in [0.2, 0.25) is 0 Å². The van der Waals surface area contributed by atoms with Crippen LogP contribution in [0.25, 0.3) is 0 Å². The zero-order valence-corrected chi connectivity index (χ0v) is 17.2. The minimum absolute atomic E-state index is 0.285. The van der Waals surface area contributed by atoms with Crippen molar-refractivity contribution < 1.29 is 4.74 Å². The first-order valence-electron chi connectivity index (χ1n) is 9.50. The predicted octanol–water partition coefficient (Wildman–Crippen LogP) is 5.56. The number of hydrogen-bond acceptors (Lipinski definition) is 2. The van der Waals surface area contributed by atoms with Crippen molar-refractivity contribution in [3.63, 3.8) is 0 Å². The smallest absolute Gasteiger partial charge is 0.173 e. The molecule has 0 heterocycles. The lowest BCUT2D eigenvalue weighted by atomic mass is 10.2. The van der Waals surface area contributed by atoms with E-state index < -0.39 is 0 Å². The van der Waals surface area contributed by atoms with Crippen molar-refractivity contribution in [2.45, 2.75) is 33.0 Å². The minimum atomic E-state index is 0.285. The molecular weight excluding hydrogens is 364 g/mol. The molecule has 28 heavy (non-hydrogen) atoms. The van der Waals surface area contributed by atoms with Gasteiger partial charge in [-0.25, -0.2) is 0 Å². The SMILES string of the molecule is CC(C)NC(=S)N(Cc1ccc(OCc2ccccc2)cc1)c1ccccc1. The van der Waals surface area contributed by atoms with E-state index in [1.54, 1.807) is 0 Å². The summed E-state index contributed by atoms with van der Waals surface area (Å²) in [7, 11) is 0. The molecule has 0 fully saturated rings. The van der Waals surface area contributed by atoms with Gasteiger partial charge in [-0.15, -0.1) is 0 Å². The lowest BCUT2D eigenvalue weighted by molar-refractivity contribution is 0.306. The third kappa shape index (κ3) is 5.83. The lowest BCUT2D eigenvalue weighted by Crippen LogP contribution is -2.42. The average Bonchev–Trinajstić information content (AvgIpc) is 2.72. The lowest BCUT2D eigenvalue weighted by Gasteiger charge is -2.27. The summed E-state index contributed by atoms with van der Waals surface area (Å²) in [5.74, 6) is 0.863. The number of hydrogen-bond donors (Lipinski definition) is 1. The topological polar surface area (TPSA) is 24.5 Å². The zero-order chi connectivity index (χ0) is 19.8. The summed E-state index contributed by atoms with van der Waals surface area (Å²) >= 11 is 5.64. The van der Waals surface area contributed by atoms with Crippen molar-refractivity contribution in [1.29, 1.82) is 0 Å². The largest absolute Gasteiger partial charge is 0.489 e. The Kier molecular flexibility index (Phi) is 7.04. The monoisotopic (exact) mass is 390 g/mol. The van der Waals surface area contributed by atoms with E-state index >= 15 is 0 Å². The quantitative estimate of drug-likeness (QED) is 0.534. The van der Waals surface area contributed by atoms with Crippen LogP contribution < -0.4 is 15.0 Å². The first-order valence-corrected chi connectivity index (χ1v) is 9.91. The molecule has 1 N–H and O–H groups in total. The highest BCUT2D eigenvalue weighted by molar-refractivity contribution is 7.80. The molecule has 0 aliphatic rings. The van der Waals surface area contributed by atoms with Crippen LogP contribution in [0.4, 0.5) is 5.69 Å². The van der Waals surface area contributed by atoms with Crippen molar-refractivity contribution in [3.05, 3.63) is 96.1 Å².